The van der Waals surface area contributed by atoms with Crippen molar-refractivity contribution in [3.8, 4) is 22.3 Å². The number of nitrogens with zero attached hydrogens (tertiary/aromatic N) is 1. The molecule has 50 heavy (non-hydrogen) atoms. The molecule has 0 saturated carbocycles. The fraction of sp³-hybridized carbons (Fsp3) is 0. The number of hydrogen-bond acceptors (Lipinski definition) is 2. The molecule has 2 nitrogen and oxygen atoms in total. The van der Waals surface area contributed by atoms with E-state index in [0.717, 1.165) is 55.0 Å². The first-order chi connectivity index (χ1) is 28.5. The van der Waals surface area contributed by atoms with Crippen molar-refractivity contribution in [2.45, 2.75) is 0 Å². The molecule has 0 spiro atoms. The van der Waals surface area contributed by atoms with Crippen molar-refractivity contribution in [1.29, 1.82) is 0 Å². The highest BCUT2D eigenvalue weighted by Gasteiger charge is 2.17. The summed E-state index contributed by atoms with van der Waals surface area (Å²) in [5, 5.41) is 3.52. The van der Waals surface area contributed by atoms with E-state index in [1.165, 1.54) is 0 Å². The molecule has 0 unspecified atom stereocenters. The largest absolute Gasteiger partial charge is 0.456 e. The van der Waals surface area contributed by atoms with Crippen LogP contribution in [0.5, 0.6) is 0 Å². The van der Waals surface area contributed by atoms with Gasteiger partial charge in [-0.15, -0.1) is 0 Å². The predicted molar refractivity (Wildman–Crippen MR) is 212 cm³/mol. The highest BCUT2D eigenvalue weighted by molar-refractivity contribution is 6.12. The molecule has 10 rings (SSSR count). The van der Waals surface area contributed by atoms with Gasteiger partial charge in [-0.25, -0.2) is 0 Å². The number of rotatable bonds is 5. The number of hydrogen-bond donors (Lipinski definition) is 0. The monoisotopic (exact) mass is 646 g/mol. The lowest BCUT2D eigenvalue weighted by Gasteiger charge is -2.26. The third kappa shape index (κ3) is 4.65. The Morgan fingerprint density at radius 3 is 1.86 bits per heavy atom. The van der Waals surface area contributed by atoms with E-state index in [4.69, 9.17) is 12.6 Å². The first kappa shape index (κ1) is 20.7. The van der Waals surface area contributed by atoms with Gasteiger partial charge < -0.3 is 9.32 Å². The van der Waals surface area contributed by atoms with Crippen LogP contribution >= 0.6 is 0 Å². The lowest BCUT2D eigenvalue weighted by atomic mass is 9.97. The number of fused-ring (bicyclic) bond motifs is 7. The summed E-state index contributed by atoms with van der Waals surface area (Å²) in [6, 6.07) is 39.4. The maximum Gasteiger partial charge on any atom is 0.136 e. The zero-order valence-electron chi connectivity index (χ0n) is 35.6. The fourth-order valence-corrected chi connectivity index (χ4v) is 6.99. The Bertz CT molecular complexity index is 3370. The summed E-state index contributed by atoms with van der Waals surface area (Å²) in [6.07, 6.45) is 0. The molecule has 0 bridgehead atoms. The van der Waals surface area contributed by atoms with E-state index < -0.39 is 42.3 Å². The van der Waals surface area contributed by atoms with Crippen LogP contribution < -0.4 is 4.90 Å². The second-order valence-electron chi connectivity index (χ2n) is 12.2. The lowest BCUT2D eigenvalue weighted by molar-refractivity contribution is 0.669. The van der Waals surface area contributed by atoms with Crippen LogP contribution in [-0.2, 0) is 0 Å². The summed E-state index contributed by atoms with van der Waals surface area (Å²) in [4.78, 5) is 1.71. The number of anilines is 3. The molecule has 9 aromatic carbocycles. The number of para-hydroxylation sites is 1. The van der Waals surface area contributed by atoms with Gasteiger partial charge in [-0.2, -0.15) is 0 Å². The van der Waals surface area contributed by atoms with Crippen molar-refractivity contribution in [2.75, 3.05) is 4.90 Å². The Morgan fingerprint density at radius 2 is 1.02 bits per heavy atom. The van der Waals surface area contributed by atoms with Crippen LogP contribution in [0, 0.1) is 0 Å². The van der Waals surface area contributed by atoms with E-state index in [0.29, 0.717) is 11.4 Å². The van der Waals surface area contributed by atoms with Crippen LogP contribution in [-0.4, -0.2) is 0 Å². The molecule has 0 radical (unpaired) electrons. The Balaban J connectivity index is 1.21. The fourth-order valence-electron chi connectivity index (χ4n) is 6.99. The molecule has 0 atom stereocenters. The molecular formula is C48H31NO. The number of furan rings is 1. The van der Waals surface area contributed by atoms with Crippen molar-refractivity contribution < 1.29 is 16.8 Å². The normalized spacial score (nSPS) is 14.1. The maximum absolute atomic E-state index is 9.68. The Morgan fingerprint density at radius 1 is 0.400 bits per heavy atom. The van der Waals surface area contributed by atoms with Crippen LogP contribution in [0.15, 0.2) is 192 Å². The first-order valence-electron chi connectivity index (χ1n) is 20.9. The third-order valence-electron chi connectivity index (χ3n) is 9.34. The molecule has 0 aliphatic carbocycles. The van der Waals surface area contributed by atoms with Crippen molar-refractivity contribution in [2.24, 2.45) is 0 Å². The molecular weight excluding hydrogens is 607 g/mol. The summed E-state index contributed by atoms with van der Waals surface area (Å²) in [6.45, 7) is 0. The minimum atomic E-state index is -0.561. The zero-order valence-corrected chi connectivity index (χ0v) is 26.6. The van der Waals surface area contributed by atoms with Crippen molar-refractivity contribution in [3.63, 3.8) is 0 Å². The van der Waals surface area contributed by atoms with Gasteiger partial charge in [-0.1, -0.05) is 139 Å². The molecule has 10 aromatic rings. The van der Waals surface area contributed by atoms with Gasteiger partial charge in [-0.3, -0.25) is 0 Å². The summed E-state index contributed by atoms with van der Waals surface area (Å²) < 4.78 is 86.7. The minimum Gasteiger partial charge on any atom is -0.456 e. The second-order valence-corrected chi connectivity index (χ2v) is 12.2. The van der Waals surface area contributed by atoms with E-state index in [1.807, 2.05) is 109 Å². The molecule has 0 aliphatic rings. The van der Waals surface area contributed by atoms with Gasteiger partial charge in [0.2, 0.25) is 0 Å². The average Bonchev–Trinajstić information content (AvgIpc) is 3.65. The highest BCUT2D eigenvalue weighted by atomic mass is 16.3. The SMILES string of the molecule is [2H]c1c([2H])c([2H])c2c(c1[2H])c([2H])c([2H])c1c([2H])c(N(c3ccc(-c4cccc5ccccc45)cc3)c3ccc(-c4cccc5oc6ccccc6c45)cc3)c([2H])c([2H])c12. The predicted octanol–water partition coefficient (Wildman–Crippen LogP) is 13.8. The highest BCUT2D eigenvalue weighted by Crippen LogP contribution is 2.41. The number of benzene rings is 9. The van der Waals surface area contributed by atoms with Gasteiger partial charge in [0.15, 0.2) is 0 Å². The van der Waals surface area contributed by atoms with E-state index in [-0.39, 0.29) is 39.3 Å². The lowest BCUT2D eigenvalue weighted by Crippen LogP contribution is -2.09. The van der Waals surface area contributed by atoms with E-state index in [2.05, 4.69) is 24.3 Å². The van der Waals surface area contributed by atoms with E-state index in [9.17, 15) is 4.11 Å². The van der Waals surface area contributed by atoms with Crippen LogP contribution in [0.4, 0.5) is 17.1 Å². The smallest absolute Gasteiger partial charge is 0.136 e. The van der Waals surface area contributed by atoms with Gasteiger partial charge in [0, 0.05) is 27.8 Å². The van der Waals surface area contributed by atoms with Gasteiger partial charge in [0.05, 0.1) is 12.3 Å². The van der Waals surface area contributed by atoms with E-state index >= 15 is 0 Å². The summed E-state index contributed by atoms with van der Waals surface area (Å²) >= 11 is 0. The standard InChI is InChI=1S/C48H31NO/c1-3-12-40-32(9-1)11-7-15-42(40)34-21-25-37(26-22-34)49(39-29-30-43-36(31-39)20-19-33-10-2-4-13-41(33)43)38-27-23-35(24-28-38)44-16-8-18-47-48(44)45-14-5-6-17-46(45)50-47/h1-31H/i2D,4D,10D,13D,19D,20D,29D,30D,31D. The topological polar surface area (TPSA) is 16.4 Å². The maximum atomic E-state index is 9.68. The van der Waals surface area contributed by atoms with Crippen LogP contribution in [0.1, 0.15) is 12.3 Å². The van der Waals surface area contributed by atoms with Gasteiger partial charge >= 0.3 is 0 Å². The van der Waals surface area contributed by atoms with Crippen LogP contribution in [0.3, 0.4) is 0 Å². The molecule has 0 saturated heterocycles. The Kier molecular flexibility index (Phi) is 4.76. The molecule has 234 valence electrons. The Hall–Kier alpha value is -6.64. The van der Waals surface area contributed by atoms with Crippen molar-refractivity contribution in [3.05, 3.63) is 188 Å². The van der Waals surface area contributed by atoms with Gasteiger partial charge in [0.1, 0.15) is 11.2 Å². The second kappa shape index (κ2) is 11.5. The van der Waals surface area contributed by atoms with Gasteiger partial charge in [-0.05, 0) is 103 Å². The quantitative estimate of drug-likeness (QED) is 0.173. The first-order valence-corrected chi connectivity index (χ1v) is 16.4. The van der Waals surface area contributed by atoms with E-state index in [1.54, 1.807) is 4.90 Å². The molecule has 0 fully saturated rings. The minimum absolute atomic E-state index is 0.0100. The summed E-state index contributed by atoms with van der Waals surface area (Å²) in [7, 11) is 0. The molecule has 2 heteroatoms. The molecule has 0 aliphatic heterocycles. The summed E-state index contributed by atoms with van der Waals surface area (Å²) in [5.74, 6) is 0. The Labute approximate surface area is 302 Å². The molecule has 1 aromatic heterocycles. The van der Waals surface area contributed by atoms with Crippen molar-refractivity contribution >= 4 is 71.3 Å². The average molecular weight is 647 g/mol. The molecule has 1 heterocycles. The van der Waals surface area contributed by atoms with Crippen molar-refractivity contribution in [1.82, 2.24) is 0 Å². The molecule has 0 amide bonds. The summed E-state index contributed by atoms with van der Waals surface area (Å²) in [5.41, 5.74) is 6.52. The third-order valence-corrected chi connectivity index (χ3v) is 9.34. The van der Waals surface area contributed by atoms with Gasteiger partial charge in [0.25, 0.3) is 0 Å². The molecule has 0 N–H and O–H groups in total. The van der Waals surface area contributed by atoms with Crippen LogP contribution in [0.2, 0.25) is 0 Å². The zero-order chi connectivity index (χ0) is 40.9. The van der Waals surface area contributed by atoms with Crippen LogP contribution in [0.25, 0.3) is 76.5 Å².